The van der Waals surface area contributed by atoms with E-state index in [1.54, 1.807) is 0 Å². The molecule has 0 aliphatic carbocycles. The Morgan fingerprint density at radius 3 is 2.10 bits per heavy atom. The van der Waals surface area contributed by atoms with Gasteiger partial charge in [0, 0.05) is 33.9 Å². The lowest BCUT2D eigenvalue weighted by molar-refractivity contribution is -0.229. The highest BCUT2D eigenvalue weighted by Crippen LogP contribution is 2.32. The van der Waals surface area contributed by atoms with Crippen LogP contribution < -0.4 is 0 Å². The molecule has 0 N–H and O–H groups in total. The number of nitrogens with zero attached hydrogens (tertiary/aromatic N) is 6. The van der Waals surface area contributed by atoms with Gasteiger partial charge in [-0.2, -0.15) is 0 Å². The highest BCUT2D eigenvalue weighted by molar-refractivity contribution is 5.16. The van der Waals surface area contributed by atoms with E-state index in [0.29, 0.717) is 13.2 Å². The molecule has 1 aliphatic rings. The molecule has 8 heteroatoms. The summed E-state index contributed by atoms with van der Waals surface area (Å²) in [7, 11) is 0. The molecule has 1 aromatic carbocycles. The highest BCUT2D eigenvalue weighted by Gasteiger charge is 2.36. The first-order chi connectivity index (χ1) is 9.79. The minimum atomic E-state index is -0.594. The van der Waals surface area contributed by atoms with E-state index in [2.05, 4.69) is 20.1 Å². The van der Waals surface area contributed by atoms with Crippen molar-refractivity contribution in [3.05, 3.63) is 56.8 Å². The quantitative estimate of drug-likeness (QED) is 0.465. The van der Waals surface area contributed by atoms with Crippen LogP contribution in [0.25, 0.3) is 20.9 Å². The van der Waals surface area contributed by atoms with Gasteiger partial charge in [0.15, 0.2) is 6.29 Å². The van der Waals surface area contributed by atoms with Crippen molar-refractivity contribution in [2.24, 2.45) is 15.6 Å². The van der Waals surface area contributed by atoms with Gasteiger partial charge >= 0.3 is 0 Å². The Bertz CT molecular complexity index is 506. The van der Waals surface area contributed by atoms with E-state index in [1.165, 1.54) is 0 Å². The zero-order valence-corrected chi connectivity index (χ0v) is 10.8. The van der Waals surface area contributed by atoms with E-state index in [4.69, 9.17) is 20.5 Å². The lowest BCUT2D eigenvalue weighted by atomic mass is 9.89. The number of hydrogen-bond acceptors (Lipinski definition) is 4. The van der Waals surface area contributed by atoms with E-state index >= 15 is 0 Å². The van der Waals surface area contributed by atoms with Gasteiger partial charge in [0.25, 0.3) is 0 Å². The Balaban J connectivity index is 2.05. The molecule has 20 heavy (non-hydrogen) atoms. The number of benzene rings is 1. The number of hydrogen-bond donors (Lipinski definition) is 0. The van der Waals surface area contributed by atoms with Gasteiger partial charge in [-0.1, -0.05) is 40.6 Å². The summed E-state index contributed by atoms with van der Waals surface area (Å²) in [5.41, 5.74) is 17.2. The van der Waals surface area contributed by atoms with Crippen molar-refractivity contribution in [2.75, 3.05) is 26.3 Å². The molecule has 0 amide bonds. The summed E-state index contributed by atoms with van der Waals surface area (Å²) in [5, 5.41) is 7.11. The van der Waals surface area contributed by atoms with Crippen LogP contribution in [0.3, 0.4) is 0 Å². The van der Waals surface area contributed by atoms with Crippen LogP contribution in [0, 0.1) is 5.41 Å². The van der Waals surface area contributed by atoms with Crippen LogP contribution in [-0.4, -0.2) is 26.3 Å². The summed E-state index contributed by atoms with van der Waals surface area (Å²) in [6.07, 6.45) is -0.443. The van der Waals surface area contributed by atoms with Gasteiger partial charge in [-0.25, -0.2) is 0 Å². The molecule has 0 aromatic heterocycles. The molecule has 1 saturated heterocycles. The van der Waals surface area contributed by atoms with Gasteiger partial charge < -0.3 is 9.47 Å². The molecule has 1 heterocycles. The number of rotatable bonds is 5. The highest BCUT2D eigenvalue weighted by atomic mass is 16.7. The monoisotopic (exact) mass is 274 g/mol. The van der Waals surface area contributed by atoms with Crippen LogP contribution in [-0.2, 0) is 9.47 Å². The third-order valence-corrected chi connectivity index (χ3v) is 3.09. The van der Waals surface area contributed by atoms with E-state index in [-0.39, 0.29) is 13.1 Å². The maximum Gasteiger partial charge on any atom is 0.183 e. The molecule has 0 saturated carbocycles. The Kier molecular flexibility index (Phi) is 4.81. The van der Waals surface area contributed by atoms with Gasteiger partial charge in [0.1, 0.15) is 0 Å². The molecule has 0 radical (unpaired) electrons. The van der Waals surface area contributed by atoms with Gasteiger partial charge in [0.05, 0.1) is 13.2 Å². The van der Waals surface area contributed by atoms with Crippen LogP contribution in [0.4, 0.5) is 0 Å². The molecular weight excluding hydrogens is 260 g/mol. The molecule has 0 unspecified atom stereocenters. The van der Waals surface area contributed by atoms with Crippen molar-refractivity contribution in [3.63, 3.8) is 0 Å². The fourth-order valence-corrected chi connectivity index (χ4v) is 1.99. The Labute approximate surface area is 115 Å². The SMILES string of the molecule is [N-]=[N+]=NCC1(CN=[N+]=[N-])COC(c2ccccc2)OC1. The summed E-state index contributed by atoms with van der Waals surface area (Å²) in [6.45, 7) is 0.962. The third kappa shape index (κ3) is 3.40. The smallest absolute Gasteiger partial charge is 0.183 e. The molecule has 0 atom stereocenters. The summed E-state index contributed by atoms with van der Waals surface area (Å²) < 4.78 is 11.4. The molecule has 0 bridgehead atoms. The Hall–Kier alpha value is -2.24. The molecule has 2 rings (SSSR count). The molecule has 104 valence electrons. The van der Waals surface area contributed by atoms with Crippen molar-refractivity contribution in [3.8, 4) is 0 Å². The largest absolute Gasteiger partial charge is 0.348 e. The van der Waals surface area contributed by atoms with Gasteiger partial charge in [-0.05, 0) is 11.1 Å². The maximum atomic E-state index is 8.44. The molecular formula is C12H14N6O2. The zero-order valence-electron chi connectivity index (χ0n) is 10.8. The van der Waals surface area contributed by atoms with E-state index < -0.39 is 11.7 Å². The Morgan fingerprint density at radius 2 is 1.60 bits per heavy atom. The average molecular weight is 274 g/mol. The maximum absolute atomic E-state index is 8.44. The van der Waals surface area contributed by atoms with Crippen molar-refractivity contribution in [1.29, 1.82) is 0 Å². The first-order valence-corrected chi connectivity index (χ1v) is 6.09. The van der Waals surface area contributed by atoms with Crippen LogP contribution in [0.2, 0.25) is 0 Å². The first kappa shape index (κ1) is 14.2. The number of azide groups is 2. The Morgan fingerprint density at radius 1 is 1.05 bits per heavy atom. The molecule has 1 fully saturated rings. The molecule has 1 aromatic rings. The molecule has 8 nitrogen and oxygen atoms in total. The second-order valence-corrected chi connectivity index (χ2v) is 4.64. The predicted molar refractivity (Wildman–Crippen MR) is 71.5 cm³/mol. The van der Waals surface area contributed by atoms with Crippen molar-refractivity contribution in [1.82, 2.24) is 0 Å². The first-order valence-electron chi connectivity index (χ1n) is 6.09. The fraction of sp³-hybridized carbons (Fsp3) is 0.500. The van der Waals surface area contributed by atoms with E-state index in [1.807, 2.05) is 30.3 Å². The normalized spacial score (nSPS) is 25.3. The summed E-state index contributed by atoms with van der Waals surface area (Å²) in [4.78, 5) is 5.48. The average Bonchev–Trinajstić information content (AvgIpc) is 2.53. The predicted octanol–water partition coefficient (Wildman–Crippen LogP) is 3.34. The molecule has 1 aliphatic heterocycles. The summed E-state index contributed by atoms with van der Waals surface area (Å²) >= 11 is 0. The second-order valence-electron chi connectivity index (χ2n) is 4.64. The van der Waals surface area contributed by atoms with Gasteiger partial charge in [-0.3, -0.25) is 0 Å². The van der Waals surface area contributed by atoms with Crippen LogP contribution >= 0.6 is 0 Å². The summed E-state index contributed by atoms with van der Waals surface area (Å²) in [5.74, 6) is 0. The van der Waals surface area contributed by atoms with E-state index in [0.717, 1.165) is 5.56 Å². The fourth-order valence-electron chi connectivity index (χ4n) is 1.99. The second kappa shape index (κ2) is 6.79. The molecule has 0 spiro atoms. The van der Waals surface area contributed by atoms with Crippen molar-refractivity contribution >= 4 is 0 Å². The zero-order chi connectivity index (χ0) is 14.3. The standard InChI is InChI=1S/C12H14N6O2/c13-17-15-6-12(7-16-18-14)8-19-11(20-9-12)10-4-2-1-3-5-10/h1-5,11H,6-9H2. The lowest BCUT2D eigenvalue weighted by Crippen LogP contribution is -2.43. The van der Waals surface area contributed by atoms with Crippen LogP contribution in [0.1, 0.15) is 11.9 Å². The minimum Gasteiger partial charge on any atom is -0.348 e. The van der Waals surface area contributed by atoms with Crippen LogP contribution in [0.5, 0.6) is 0 Å². The van der Waals surface area contributed by atoms with Crippen molar-refractivity contribution < 1.29 is 9.47 Å². The summed E-state index contributed by atoms with van der Waals surface area (Å²) in [6, 6.07) is 9.56. The minimum absolute atomic E-state index is 0.171. The third-order valence-electron chi connectivity index (χ3n) is 3.09. The van der Waals surface area contributed by atoms with Crippen LogP contribution in [0.15, 0.2) is 40.6 Å². The van der Waals surface area contributed by atoms with Crippen molar-refractivity contribution in [2.45, 2.75) is 6.29 Å². The lowest BCUT2D eigenvalue weighted by Gasteiger charge is -2.38. The number of ether oxygens (including phenoxy) is 2. The topological polar surface area (TPSA) is 116 Å². The van der Waals surface area contributed by atoms with Gasteiger partial charge in [-0.15, -0.1) is 0 Å². The van der Waals surface area contributed by atoms with E-state index in [9.17, 15) is 0 Å². The van der Waals surface area contributed by atoms with Gasteiger partial charge in [0.2, 0.25) is 0 Å².